The fourth-order valence-corrected chi connectivity index (χ4v) is 1.89. The van der Waals surface area contributed by atoms with Gasteiger partial charge in [0.1, 0.15) is 0 Å². The molecule has 0 unspecified atom stereocenters. The monoisotopic (exact) mass is 329 g/mol. The highest BCUT2D eigenvalue weighted by atomic mass is 16.5. The highest BCUT2D eigenvalue weighted by molar-refractivity contribution is 5.91. The zero-order chi connectivity index (χ0) is 16.9. The van der Waals surface area contributed by atoms with Crippen molar-refractivity contribution in [1.82, 2.24) is 35.4 Å². The molecule has 0 saturated carbocycles. The van der Waals surface area contributed by atoms with E-state index >= 15 is 0 Å². The molecular formula is C14H15N7O3. The molecule has 3 heterocycles. The molecule has 3 aromatic heterocycles. The van der Waals surface area contributed by atoms with Crippen molar-refractivity contribution in [3.63, 3.8) is 0 Å². The zero-order valence-corrected chi connectivity index (χ0v) is 13.1. The number of amides is 1. The van der Waals surface area contributed by atoms with E-state index in [9.17, 15) is 4.79 Å². The van der Waals surface area contributed by atoms with Crippen LogP contribution in [0.15, 0.2) is 29.0 Å². The van der Waals surface area contributed by atoms with Crippen molar-refractivity contribution in [2.45, 2.75) is 13.5 Å². The minimum atomic E-state index is -0.370. The summed E-state index contributed by atoms with van der Waals surface area (Å²) in [6.45, 7) is 2.52. The average molecular weight is 329 g/mol. The van der Waals surface area contributed by atoms with Crippen LogP contribution in [0.5, 0.6) is 5.88 Å². The predicted molar refractivity (Wildman–Crippen MR) is 80.9 cm³/mol. The van der Waals surface area contributed by atoms with Gasteiger partial charge in [0.15, 0.2) is 5.69 Å². The number of aryl methyl sites for hydroxylation is 1. The first-order valence-electron chi connectivity index (χ1n) is 7.22. The molecule has 10 nitrogen and oxygen atoms in total. The van der Waals surface area contributed by atoms with Gasteiger partial charge in [-0.15, -0.1) is 5.10 Å². The molecule has 0 spiro atoms. The van der Waals surface area contributed by atoms with Gasteiger partial charge in [-0.3, -0.25) is 9.48 Å². The van der Waals surface area contributed by atoms with Crippen molar-refractivity contribution in [2.75, 3.05) is 6.61 Å². The maximum atomic E-state index is 11.9. The molecule has 0 atom stereocenters. The number of nitrogens with one attached hydrogen (secondary N) is 1. The van der Waals surface area contributed by atoms with E-state index in [1.807, 2.05) is 6.92 Å². The molecule has 24 heavy (non-hydrogen) atoms. The van der Waals surface area contributed by atoms with E-state index < -0.39 is 0 Å². The Kier molecular flexibility index (Phi) is 4.45. The van der Waals surface area contributed by atoms with Crippen LogP contribution in [0.25, 0.3) is 11.4 Å². The molecule has 0 aliphatic heterocycles. The smallest absolute Gasteiger partial charge is 0.273 e. The molecule has 3 rings (SSSR count). The fourth-order valence-electron chi connectivity index (χ4n) is 1.89. The van der Waals surface area contributed by atoms with Crippen molar-refractivity contribution < 1.29 is 14.1 Å². The number of carbonyl (C=O) groups excluding carboxylic acids is 1. The molecule has 0 aliphatic carbocycles. The summed E-state index contributed by atoms with van der Waals surface area (Å²) in [7, 11) is 1.68. The van der Waals surface area contributed by atoms with E-state index in [4.69, 9.17) is 9.26 Å². The Morgan fingerprint density at radius 1 is 1.42 bits per heavy atom. The number of hydrogen-bond donors (Lipinski definition) is 1. The van der Waals surface area contributed by atoms with Crippen molar-refractivity contribution in [2.24, 2.45) is 7.05 Å². The third-order valence-corrected chi connectivity index (χ3v) is 2.99. The molecule has 3 aromatic rings. The van der Waals surface area contributed by atoms with Crippen LogP contribution in [0.3, 0.4) is 0 Å². The van der Waals surface area contributed by atoms with Crippen molar-refractivity contribution in [3.05, 3.63) is 36.1 Å². The second-order valence-electron chi connectivity index (χ2n) is 4.79. The lowest BCUT2D eigenvalue weighted by molar-refractivity contribution is 0.0941. The Labute approximate surface area is 136 Å². The van der Waals surface area contributed by atoms with Gasteiger partial charge < -0.3 is 14.6 Å². The van der Waals surface area contributed by atoms with Crippen LogP contribution in [-0.4, -0.2) is 42.6 Å². The molecule has 0 bridgehead atoms. The van der Waals surface area contributed by atoms with E-state index in [1.165, 1.54) is 10.9 Å². The third-order valence-electron chi connectivity index (χ3n) is 2.99. The molecule has 1 N–H and O–H groups in total. The second-order valence-corrected chi connectivity index (χ2v) is 4.79. The lowest BCUT2D eigenvalue weighted by Crippen LogP contribution is -2.23. The molecule has 0 aliphatic rings. The first kappa shape index (κ1) is 15.6. The Morgan fingerprint density at radius 2 is 2.29 bits per heavy atom. The largest absolute Gasteiger partial charge is 0.478 e. The minimum absolute atomic E-state index is 0.0901. The van der Waals surface area contributed by atoms with E-state index in [1.54, 1.807) is 25.4 Å². The molecular weight excluding hydrogens is 314 g/mol. The van der Waals surface area contributed by atoms with Gasteiger partial charge in [-0.2, -0.15) is 4.98 Å². The van der Waals surface area contributed by atoms with E-state index in [0.717, 1.165) is 0 Å². The van der Waals surface area contributed by atoms with Crippen LogP contribution in [-0.2, 0) is 13.6 Å². The molecule has 1 amide bonds. The maximum Gasteiger partial charge on any atom is 0.273 e. The van der Waals surface area contributed by atoms with Gasteiger partial charge in [0.05, 0.1) is 19.3 Å². The van der Waals surface area contributed by atoms with Crippen LogP contribution in [0, 0.1) is 0 Å². The van der Waals surface area contributed by atoms with Gasteiger partial charge in [-0.05, 0) is 13.0 Å². The molecule has 10 heteroatoms. The average Bonchev–Trinajstić information content (AvgIpc) is 3.23. The SMILES string of the molecule is CCOc1ccc(-c2noc(CNC(=O)c3cn(C)nn3)n2)cn1. The number of hydrogen-bond acceptors (Lipinski definition) is 8. The molecule has 0 saturated heterocycles. The molecule has 124 valence electrons. The van der Waals surface area contributed by atoms with Crippen molar-refractivity contribution in [3.8, 4) is 17.3 Å². The minimum Gasteiger partial charge on any atom is -0.478 e. The lowest BCUT2D eigenvalue weighted by Gasteiger charge is -2.00. The summed E-state index contributed by atoms with van der Waals surface area (Å²) in [5.41, 5.74) is 0.904. The Morgan fingerprint density at radius 3 is 2.96 bits per heavy atom. The first-order chi connectivity index (χ1) is 11.7. The fraction of sp³-hybridized carbons (Fsp3) is 0.286. The standard InChI is InChI=1S/C14H15N7O3/c1-3-23-11-5-4-9(6-15-11)13-17-12(24-19-13)7-16-14(22)10-8-21(2)20-18-10/h4-6,8H,3,7H2,1-2H3,(H,16,22). The van der Waals surface area contributed by atoms with Crippen LogP contribution >= 0.6 is 0 Å². The van der Waals surface area contributed by atoms with E-state index in [2.05, 4.69) is 30.8 Å². The highest BCUT2D eigenvalue weighted by Crippen LogP contribution is 2.17. The van der Waals surface area contributed by atoms with E-state index in [0.29, 0.717) is 23.9 Å². The van der Waals surface area contributed by atoms with Gasteiger partial charge in [-0.1, -0.05) is 10.4 Å². The Hall–Kier alpha value is -3.30. The summed E-state index contributed by atoms with van der Waals surface area (Å²) in [4.78, 5) is 20.2. The van der Waals surface area contributed by atoms with Gasteiger partial charge in [-0.25, -0.2) is 4.98 Å². The van der Waals surface area contributed by atoms with Crippen molar-refractivity contribution in [1.29, 1.82) is 0 Å². The number of aromatic nitrogens is 6. The molecule has 0 aromatic carbocycles. The van der Waals surface area contributed by atoms with Gasteiger partial charge in [0.2, 0.25) is 17.6 Å². The highest BCUT2D eigenvalue weighted by Gasteiger charge is 2.13. The number of carbonyl (C=O) groups is 1. The van der Waals surface area contributed by atoms with Crippen LogP contribution in [0.1, 0.15) is 23.3 Å². The van der Waals surface area contributed by atoms with E-state index in [-0.39, 0.29) is 24.0 Å². The summed E-state index contributed by atoms with van der Waals surface area (Å²) in [5, 5.41) is 13.9. The molecule has 0 radical (unpaired) electrons. The predicted octanol–water partition coefficient (Wildman–Crippen LogP) is 0.589. The number of rotatable bonds is 6. The zero-order valence-electron chi connectivity index (χ0n) is 13.1. The summed E-state index contributed by atoms with van der Waals surface area (Å²) < 4.78 is 11.8. The van der Waals surface area contributed by atoms with Crippen LogP contribution in [0.2, 0.25) is 0 Å². The third kappa shape index (κ3) is 3.54. The van der Waals surface area contributed by atoms with Crippen LogP contribution in [0.4, 0.5) is 0 Å². The first-order valence-corrected chi connectivity index (χ1v) is 7.22. The van der Waals surface area contributed by atoms with Crippen molar-refractivity contribution >= 4 is 5.91 Å². The number of ether oxygens (including phenoxy) is 1. The summed E-state index contributed by atoms with van der Waals surface area (Å²) in [6.07, 6.45) is 3.11. The summed E-state index contributed by atoms with van der Waals surface area (Å²) in [6, 6.07) is 3.51. The lowest BCUT2D eigenvalue weighted by atomic mass is 10.3. The Balaban J connectivity index is 1.62. The quantitative estimate of drug-likeness (QED) is 0.697. The van der Waals surface area contributed by atoms with Gasteiger partial charge in [0, 0.05) is 24.9 Å². The second kappa shape index (κ2) is 6.86. The molecule has 0 fully saturated rings. The number of pyridine rings is 1. The topological polar surface area (TPSA) is 121 Å². The van der Waals surface area contributed by atoms with Gasteiger partial charge in [0.25, 0.3) is 5.91 Å². The number of nitrogens with zero attached hydrogens (tertiary/aromatic N) is 6. The summed E-state index contributed by atoms with van der Waals surface area (Å²) >= 11 is 0. The summed E-state index contributed by atoms with van der Waals surface area (Å²) in [5.74, 6) is 0.817. The van der Waals surface area contributed by atoms with Crippen LogP contribution < -0.4 is 10.1 Å². The Bertz CT molecular complexity index is 825. The maximum absolute atomic E-state index is 11.9. The normalized spacial score (nSPS) is 10.6. The van der Waals surface area contributed by atoms with Gasteiger partial charge >= 0.3 is 0 Å².